The van der Waals surface area contributed by atoms with Gasteiger partial charge in [0.2, 0.25) is 0 Å². The molecule has 0 saturated heterocycles. The minimum Gasteiger partial charge on any atom is -0.384 e. The molecule has 1 saturated carbocycles. The zero-order valence-corrected chi connectivity index (χ0v) is 8.84. The van der Waals surface area contributed by atoms with Crippen LogP contribution in [0.4, 0.5) is 0 Å². The normalized spacial score (nSPS) is 33.4. The number of aromatic nitrogens is 1. The van der Waals surface area contributed by atoms with Crippen LogP contribution in [0.15, 0.2) is 11.7 Å². The second-order valence-electron chi connectivity index (χ2n) is 4.31. The van der Waals surface area contributed by atoms with Crippen LogP contribution >= 0.6 is 11.3 Å². The Bertz CT molecular complexity index is 275. The first-order valence-corrected chi connectivity index (χ1v) is 5.61. The van der Waals surface area contributed by atoms with Crippen molar-refractivity contribution in [1.29, 1.82) is 0 Å². The van der Waals surface area contributed by atoms with Crippen LogP contribution < -0.4 is 0 Å². The predicted molar refractivity (Wildman–Crippen MR) is 53.6 cm³/mol. The zero-order valence-electron chi connectivity index (χ0n) is 8.03. The summed E-state index contributed by atoms with van der Waals surface area (Å²) in [6.07, 6.45) is 3.61. The second-order valence-corrected chi connectivity index (χ2v) is 5.20. The SMILES string of the molecule is CC(C)C1CC(O)(c2cncs2)C1. The monoisotopic (exact) mass is 197 g/mol. The summed E-state index contributed by atoms with van der Waals surface area (Å²) in [5, 5.41) is 10.2. The van der Waals surface area contributed by atoms with Crippen LogP contribution in [-0.4, -0.2) is 10.1 Å². The maximum absolute atomic E-state index is 10.2. The molecule has 1 aromatic rings. The van der Waals surface area contributed by atoms with E-state index in [0.717, 1.165) is 17.7 Å². The first-order valence-electron chi connectivity index (χ1n) is 4.73. The third kappa shape index (κ3) is 1.51. The molecular weight excluding hydrogens is 182 g/mol. The molecule has 1 N–H and O–H groups in total. The maximum atomic E-state index is 10.2. The third-order valence-electron chi connectivity index (χ3n) is 3.03. The molecule has 0 spiro atoms. The van der Waals surface area contributed by atoms with Gasteiger partial charge >= 0.3 is 0 Å². The van der Waals surface area contributed by atoms with E-state index < -0.39 is 5.60 Å². The van der Waals surface area contributed by atoms with Crippen molar-refractivity contribution < 1.29 is 5.11 Å². The van der Waals surface area contributed by atoms with Crippen molar-refractivity contribution in [2.45, 2.75) is 32.3 Å². The predicted octanol–water partition coefficient (Wildman–Crippen LogP) is 2.40. The minimum atomic E-state index is -0.546. The third-order valence-corrected chi connectivity index (χ3v) is 4.00. The van der Waals surface area contributed by atoms with Crippen molar-refractivity contribution in [2.24, 2.45) is 11.8 Å². The fourth-order valence-corrected chi connectivity index (χ4v) is 2.67. The molecule has 1 aliphatic carbocycles. The first-order chi connectivity index (χ1) is 6.12. The molecule has 0 aliphatic heterocycles. The largest absolute Gasteiger partial charge is 0.384 e. The van der Waals surface area contributed by atoms with Crippen molar-refractivity contribution in [3.8, 4) is 0 Å². The van der Waals surface area contributed by atoms with Crippen molar-refractivity contribution in [2.75, 3.05) is 0 Å². The second kappa shape index (κ2) is 3.07. The van der Waals surface area contributed by atoms with Crippen LogP contribution in [0.2, 0.25) is 0 Å². The van der Waals surface area contributed by atoms with Crippen LogP contribution in [0, 0.1) is 11.8 Å². The summed E-state index contributed by atoms with van der Waals surface area (Å²) in [7, 11) is 0. The molecule has 2 nitrogen and oxygen atoms in total. The molecule has 1 fully saturated rings. The van der Waals surface area contributed by atoms with Crippen LogP contribution in [0.1, 0.15) is 31.6 Å². The van der Waals surface area contributed by atoms with Gasteiger partial charge in [0.1, 0.15) is 5.60 Å². The van der Waals surface area contributed by atoms with E-state index in [-0.39, 0.29) is 0 Å². The van der Waals surface area contributed by atoms with Crippen molar-refractivity contribution in [3.63, 3.8) is 0 Å². The number of hydrogen-bond acceptors (Lipinski definition) is 3. The maximum Gasteiger partial charge on any atom is 0.101 e. The summed E-state index contributed by atoms with van der Waals surface area (Å²) in [5.41, 5.74) is 1.24. The molecule has 72 valence electrons. The summed E-state index contributed by atoms with van der Waals surface area (Å²) in [6.45, 7) is 4.44. The van der Waals surface area contributed by atoms with Crippen LogP contribution in [-0.2, 0) is 5.60 Å². The van der Waals surface area contributed by atoms with Crippen molar-refractivity contribution in [1.82, 2.24) is 4.98 Å². The highest BCUT2D eigenvalue weighted by Crippen LogP contribution is 2.49. The molecule has 3 heteroatoms. The van der Waals surface area contributed by atoms with Crippen LogP contribution in [0.25, 0.3) is 0 Å². The molecule has 0 atom stereocenters. The number of nitrogens with zero attached hydrogens (tertiary/aromatic N) is 1. The molecular formula is C10H15NOS. The topological polar surface area (TPSA) is 33.1 Å². The quantitative estimate of drug-likeness (QED) is 0.789. The van der Waals surface area contributed by atoms with Gasteiger partial charge in [0.15, 0.2) is 0 Å². The Kier molecular flexibility index (Phi) is 2.16. The number of thiazole rings is 1. The lowest BCUT2D eigenvalue weighted by Crippen LogP contribution is -2.42. The van der Waals surface area contributed by atoms with E-state index in [1.54, 1.807) is 23.0 Å². The van der Waals surface area contributed by atoms with Gasteiger partial charge in [-0.1, -0.05) is 13.8 Å². The Hall–Kier alpha value is -0.410. The molecule has 13 heavy (non-hydrogen) atoms. The average Bonchev–Trinajstić information content (AvgIpc) is 2.49. The Morgan fingerprint density at radius 2 is 2.31 bits per heavy atom. The first kappa shape index (κ1) is 9.16. The summed E-state index contributed by atoms with van der Waals surface area (Å²) in [6, 6.07) is 0. The highest BCUT2D eigenvalue weighted by Gasteiger charge is 2.45. The van der Waals surface area contributed by atoms with Gasteiger partial charge in [-0.15, -0.1) is 11.3 Å². The van der Waals surface area contributed by atoms with Crippen molar-refractivity contribution >= 4 is 11.3 Å². The molecule has 2 rings (SSSR count). The van der Waals surface area contributed by atoms with Gasteiger partial charge in [-0.3, -0.25) is 4.98 Å². The summed E-state index contributed by atoms with van der Waals surface area (Å²) < 4.78 is 0. The summed E-state index contributed by atoms with van der Waals surface area (Å²) >= 11 is 1.56. The van der Waals surface area contributed by atoms with Crippen LogP contribution in [0.5, 0.6) is 0 Å². The smallest absolute Gasteiger partial charge is 0.101 e. The highest BCUT2D eigenvalue weighted by molar-refractivity contribution is 7.09. The minimum absolute atomic E-state index is 0.546. The van der Waals surface area contributed by atoms with E-state index in [0.29, 0.717) is 11.8 Å². The summed E-state index contributed by atoms with van der Waals surface area (Å²) in [4.78, 5) is 5.03. The Labute approximate surface area is 82.6 Å². The Balaban J connectivity index is 2.04. The fraction of sp³-hybridized carbons (Fsp3) is 0.700. The Morgan fingerprint density at radius 1 is 1.62 bits per heavy atom. The summed E-state index contributed by atoms with van der Waals surface area (Å²) in [5.74, 6) is 1.38. The molecule has 1 aromatic heterocycles. The molecule has 0 unspecified atom stereocenters. The number of aliphatic hydroxyl groups is 1. The molecule has 0 aromatic carbocycles. The molecule has 0 radical (unpaired) electrons. The lowest BCUT2D eigenvalue weighted by atomic mass is 9.66. The van der Waals surface area contributed by atoms with Gasteiger partial charge in [-0.25, -0.2) is 0 Å². The van der Waals surface area contributed by atoms with Gasteiger partial charge < -0.3 is 5.11 Å². The van der Waals surface area contributed by atoms with E-state index in [2.05, 4.69) is 18.8 Å². The standard InChI is InChI=1S/C10H15NOS/c1-7(2)8-3-10(12,4-8)9-5-11-6-13-9/h5-8,12H,3-4H2,1-2H3. The molecule has 0 bridgehead atoms. The molecule has 0 amide bonds. The number of hydrogen-bond donors (Lipinski definition) is 1. The lowest BCUT2D eigenvalue weighted by Gasteiger charge is -2.44. The van der Waals surface area contributed by atoms with E-state index in [4.69, 9.17) is 0 Å². The van der Waals surface area contributed by atoms with Gasteiger partial charge in [0, 0.05) is 6.20 Å². The molecule has 1 aliphatic rings. The van der Waals surface area contributed by atoms with E-state index >= 15 is 0 Å². The van der Waals surface area contributed by atoms with Gasteiger partial charge in [-0.2, -0.15) is 0 Å². The van der Waals surface area contributed by atoms with Gasteiger partial charge in [0.25, 0.3) is 0 Å². The molecule has 1 heterocycles. The van der Waals surface area contributed by atoms with Crippen LogP contribution in [0.3, 0.4) is 0 Å². The van der Waals surface area contributed by atoms with E-state index in [1.165, 1.54) is 0 Å². The fourth-order valence-electron chi connectivity index (χ4n) is 1.93. The zero-order chi connectivity index (χ0) is 9.47. The van der Waals surface area contributed by atoms with Crippen molar-refractivity contribution in [3.05, 3.63) is 16.6 Å². The highest BCUT2D eigenvalue weighted by atomic mass is 32.1. The average molecular weight is 197 g/mol. The van der Waals surface area contributed by atoms with E-state index in [9.17, 15) is 5.11 Å². The Morgan fingerprint density at radius 3 is 2.77 bits per heavy atom. The number of rotatable bonds is 2. The lowest BCUT2D eigenvalue weighted by molar-refractivity contribution is -0.0907. The van der Waals surface area contributed by atoms with Gasteiger partial charge in [0.05, 0.1) is 10.4 Å². The van der Waals surface area contributed by atoms with Gasteiger partial charge in [-0.05, 0) is 24.7 Å². The van der Waals surface area contributed by atoms with E-state index in [1.807, 2.05) is 0 Å².